The van der Waals surface area contributed by atoms with Crippen LogP contribution in [0.4, 0.5) is 5.82 Å². The molecule has 0 unspecified atom stereocenters. The van der Waals surface area contributed by atoms with Crippen molar-refractivity contribution in [3.05, 3.63) is 23.9 Å². The molecule has 1 N–H and O–H groups in total. The molecule has 3 heteroatoms. The molecule has 0 bridgehead atoms. The second-order valence-corrected chi connectivity index (χ2v) is 4.31. The molecule has 1 heterocycles. The SMILES string of the molecule is Cc1cccnc1N(C)CC(C)(C)O. The molecule has 0 aliphatic carbocycles. The molecule has 0 amide bonds. The Hall–Kier alpha value is -1.09. The second-order valence-electron chi connectivity index (χ2n) is 4.31. The lowest BCUT2D eigenvalue weighted by molar-refractivity contribution is 0.0884. The minimum Gasteiger partial charge on any atom is -0.389 e. The molecule has 1 aromatic rings. The van der Waals surface area contributed by atoms with E-state index in [1.165, 1.54) is 0 Å². The molecule has 0 spiro atoms. The monoisotopic (exact) mass is 194 g/mol. The predicted molar refractivity (Wildman–Crippen MR) is 58.5 cm³/mol. The van der Waals surface area contributed by atoms with Crippen LogP contribution in [0.1, 0.15) is 19.4 Å². The number of anilines is 1. The van der Waals surface area contributed by atoms with Gasteiger partial charge in [-0.2, -0.15) is 0 Å². The Bertz CT molecular complexity index is 304. The zero-order valence-electron chi connectivity index (χ0n) is 9.28. The minimum atomic E-state index is -0.696. The van der Waals surface area contributed by atoms with Gasteiger partial charge in [0.15, 0.2) is 0 Å². The van der Waals surface area contributed by atoms with Gasteiger partial charge in [-0.15, -0.1) is 0 Å². The Morgan fingerprint density at radius 1 is 1.50 bits per heavy atom. The molecular formula is C11H18N2O. The van der Waals surface area contributed by atoms with E-state index in [1.54, 1.807) is 20.0 Å². The van der Waals surface area contributed by atoms with Gasteiger partial charge in [-0.05, 0) is 32.4 Å². The maximum Gasteiger partial charge on any atom is 0.131 e. The Labute approximate surface area is 85.4 Å². The summed E-state index contributed by atoms with van der Waals surface area (Å²) >= 11 is 0. The summed E-state index contributed by atoms with van der Waals surface area (Å²) in [6.07, 6.45) is 1.77. The van der Waals surface area contributed by atoms with Crippen LogP contribution in [0.3, 0.4) is 0 Å². The lowest BCUT2D eigenvalue weighted by Crippen LogP contribution is -2.36. The highest BCUT2D eigenvalue weighted by Gasteiger charge is 2.17. The van der Waals surface area contributed by atoms with Crippen molar-refractivity contribution in [3.63, 3.8) is 0 Å². The Balaban J connectivity index is 2.80. The number of hydrogen-bond acceptors (Lipinski definition) is 3. The summed E-state index contributed by atoms with van der Waals surface area (Å²) < 4.78 is 0. The van der Waals surface area contributed by atoms with E-state index in [-0.39, 0.29) is 0 Å². The highest BCUT2D eigenvalue weighted by Crippen LogP contribution is 2.16. The van der Waals surface area contributed by atoms with E-state index in [9.17, 15) is 5.11 Å². The molecular weight excluding hydrogens is 176 g/mol. The van der Waals surface area contributed by atoms with Gasteiger partial charge < -0.3 is 10.0 Å². The van der Waals surface area contributed by atoms with Crippen molar-refractivity contribution in [2.24, 2.45) is 0 Å². The van der Waals surface area contributed by atoms with Crippen LogP contribution < -0.4 is 4.90 Å². The van der Waals surface area contributed by atoms with E-state index in [1.807, 2.05) is 31.0 Å². The van der Waals surface area contributed by atoms with Gasteiger partial charge in [0.25, 0.3) is 0 Å². The normalized spacial score (nSPS) is 11.5. The second kappa shape index (κ2) is 3.96. The summed E-state index contributed by atoms with van der Waals surface area (Å²) in [5, 5.41) is 9.67. The first-order chi connectivity index (χ1) is 6.40. The fraction of sp³-hybridized carbons (Fsp3) is 0.545. The number of rotatable bonds is 3. The first-order valence-corrected chi connectivity index (χ1v) is 4.75. The van der Waals surface area contributed by atoms with Crippen molar-refractivity contribution in [1.82, 2.24) is 4.98 Å². The standard InChI is InChI=1S/C11H18N2O/c1-9-6-5-7-12-10(9)13(4)8-11(2,3)14/h5-7,14H,8H2,1-4H3. The third kappa shape index (κ3) is 3.00. The number of hydrogen-bond donors (Lipinski definition) is 1. The Morgan fingerprint density at radius 3 is 2.64 bits per heavy atom. The quantitative estimate of drug-likeness (QED) is 0.794. The van der Waals surface area contributed by atoms with Crippen molar-refractivity contribution in [3.8, 4) is 0 Å². The molecule has 1 rings (SSSR count). The zero-order valence-corrected chi connectivity index (χ0v) is 9.28. The molecule has 0 fully saturated rings. The fourth-order valence-electron chi connectivity index (χ4n) is 1.53. The summed E-state index contributed by atoms with van der Waals surface area (Å²) in [6.45, 7) is 6.18. The largest absolute Gasteiger partial charge is 0.389 e. The number of aromatic nitrogens is 1. The van der Waals surface area contributed by atoms with Crippen molar-refractivity contribution < 1.29 is 5.11 Å². The number of pyridine rings is 1. The van der Waals surface area contributed by atoms with Crippen molar-refractivity contribution in [2.75, 3.05) is 18.5 Å². The molecule has 78 valence electrons. The predicted octanol–water partition coefficient (Wildman–Crippen LogP) is 1.60. The molecule has 0 aromatic carbocycles. The van der Waals surface area contributed by atoms with Crippen LogP contribution in [0, 0.1) is 6.92 Å². The molecule has 0 saturated heterocycles. The fourth-order valence-corrected chi connectivity index (χ4v) is 1.53. The Morgan fingerprint density at radius 2 is 2.14 bits per heavy atom. The van der Waals surface area contributed by atoms with E-state index in [0.29, 0.717) is 6.54 Å². The van der Waals surface area contributed by atoms with Crippen LogP contribution in [0.5, 0.6) is 0 Å². The smallest absolute Gasteiger partial charge is 0.131 e. The first-order valence-electron chi connectivity index (χ1n) is 4.75. The van der Waals surface area contributed by atoms with Gasteiger partial charge in [-0.3, -0.25) is 0 Å². The molecule has 3 nitrogen and oxygen atoms in total. The van der Waals surface area contributed by atoms with Crippen LogP contribution in [0.2, 0.25) is 0 Å². The number of aryl methyl sites for hydroxylation is 1. The Kier molecular flexibility index (Phi) is 3.11. The van der Waals surface area contributed by atoms with E-state index in [2.05, 4.69) is 4.98 Å². The van der Waals surface area contributed by atoms with Crippen LogP contribution in [0.25, 0.3) is 0 Å². The average Bonchev–Trinajstić information content (AvgIpc) is 2.01. The third-order valence-electron chi connectivity index (χ3n) is 1.97. The summed E-state index contributed by atoms with van der Waals surface area (Å²) in [5.41, 5.74) is 0.429. The van der Waals surface area contributed by atoms with Gasteiger partial charge in [0, 0.05) is 19.8 Å². The van der Waals surface area contributed by atoms with E-state index in [0.717, 1.165) is 11.4 Å². The van der Waals surface area contributed by atoms with Gasteiger partial charge in [0.05, 0.1) is 5.60 Å². The first kappa shape index (κ1) is 11.0. The van der Waals surface area contributed by atoms with Crippen LogP contribution in [-0.4, -0.2) is 29.3 Å². The van der Waals surface area contributed by atoms with Crippen molar-refractivity contribution in [2.45, 2.75) is 26.4 Å². The number of likely N-dealkylation sites (N-methyl/N-ethyl adjacent to an activating group) is 1. The maximum atomic E-state index is 9.67. The summed E-state index contributed by atoms with van der Waals surface area (Å²) in [6, 6.07) is 3.93. The summed E-state index contributed by atoms with van der Waals surface area (Å²) in [7, 11) is 1.94. The molecule has 14 heavy (non-hydrogen) atoms. The van der Waals surface area contributed by atoms with Crippen LogP contribution in [-0.2, 0) is 0 Å². The average molecular weight is 194 g/mol. The lowest BCUT2D eigenvalue weighted by atomic mass is 10.1. The van der Waals surface area contributed by atoms with Crippen LogP contribution >= 0.6 is 0 Å². The molecule has 0 radical (unpaired) electrons. The molecule has 0 aliphatic rings. The van der Waals surface area contributed by atoms with E-state index >= 15 is 0 Å². The lowest BCUT2D eigenvalue weighted by Gasteiger charge is -2.27. The van der Waals surface area contributed by atoms with Gasteiger partial charge in [-0.1, -0.05) is 6.07 Å². The summed E-state index contributed by atoms with van der Waals surface area (Å²) in [5.74, 6) is 0.926. The molecule has 0 aliphatic heterocycles. The van der Waals surface area contributed by atoms with Crippen molar-refractivity contribution in [1.29, 1.82) is 0 Å². The maximum absolute atomic E-state index is 9.67. The van der Waals surface area contributed by atoms with E-state index < -0.39 is 5.60 Å². The number of nitrogens with zero attached hydrogens (tertiary/aromatic N) is 2. The molecule has 1 aromatic heterocycles. The highest BCUT2D eigenvalue weighted by molar-refractivity contribution is 5.45. The molecule has 0 saturated carbocycles. The van der Waals surface area contributed by atoms with Gasteiger partial charge in [0.2, 0.25) is 0 Å². The van der Waals surface area contributed by atoms with Gasteiger partial charge in [-0.25, -0.2) is 4.98 Å². The summed E-state index contributed by atoms with van der Waals surface area (Å²) in [4.78, 5) is 6.24. The van der Waals surface area contributed by atoms with Crippen LogP contribution in [0.15, 0.2) is 18.3 Å². The van der Waals surface area contributed by atoms with Gasteiger partial charge in [0.1, 0.15) is 5.82 Å². The molecule has 0 atom stereocenters. The van der Waals surface area contributed by atoms with E-state index in [4.69, 9.17) is 0 Å². The van der Waals surface area contributed by atoms with Crippen molar-refractivity contribution >= 4 is 5.82 Å². The number of aliphatic hydroxyl groups is 1. The van der Waals surface area contributed by atoms with Gasteiger partial charge >= 0.3 is 0 Å². The minimum absolute atomic E-state index is 0.574. The topological polar surface area (TPSA) is 36.4 Å². The third-order valence-corrected chi connectivity index (χ3v) is 1.97. The highest BCUT2D eigenvalue weighted by atomic mass is 16.3. The zero-order chi connectivity index (χ0) is 10.8.